The summed E-state index contributed by atoms with van der Waals surface area (Å²) in [5.41, 5.74) is 7.23. The van der Waals surface area contributed by atoms with E-state index in [-0.39, 0.29) is 6.04 Å². The quantitative estimate of drug-likeness (QED) is 0.838. The van der Waals surface area contributed by atoms with Crippen molar-refractivity contribution in [2.75, 3.05) is 13.2 Å². The van der Waals surface area contributed by atoms with E-state index in [0.29, 0.717) is 5.92 Å². The topological polar surface area (TPSA) is 35.2 Å². The molecule has 0 unspecified atom stereocenters. The first-order chi connectivity index (χ1) is 7.27. The zero-order chi connectivity index (χ0) is 10.7. The summed E-state index contributed by atoms with van der Waals surface area (Å²) in [4.78, 5) is 0. The first-order valence-electron chi connectivity index (χ1n) is 5.34. The Morgan fingerprint density at radius 2 is 2.20 bits per heavy atom. The number of halogens is 1. The highest BCUT2D eigenvalue weighted by Crippen LogP contribution is 2.23. The smallest absolute Gasteiger partial charge is 0.0512 e. The second kappa shape index (κ2) is 4.97. The van der Waals surface area contributed by atoms with E-state index < -0.39 is 0 Å². The van der Waals surface area contributed by atoms with E-state index >= 15 is 0 Å². The van der Waals surface area contributed by atoms with Crippen LogP contribution in [0.4, 0.5) is 0 Å². The maximum Gasteiger partial charge on any atom is 0.0512 e. The summed E-state index contributed by atoms with van der Waals surface area (Å²) < 4.78 is 5.44. The van der Waals surface area contributed by atoms with Gasteiger partial charge in [-0.15, -0.1) is 0 Å². The van der Waals surface area contributed by atoms with Gasteiger partial charge in [-0.1, -0.05) is 29.8 Å². The average Bonchev–Trinajstić information content (AvgIpc) is 2.24. The Morgan fingerprint density at radius 1 is 1.40 bits per heavy atom. The zero-order valence-electron chi connectivity index (χ0n) is 8.66. The lowest BCUT2D eigenvalue weighted by Crippen LogP contribution is -2.39. The predicted octanol–water partition coefficient (Wildman–Crippen LogP) is 2.25. The number of rotatable bonds is 2. The van der Waals surface area contributed by atoms with Crippen molar-refractivity contribution < 1.29 is 4.74 Å². The van der Waals surface area contributed by atoms with Crippen molar-refractivity contribution >= 4 is 11.6 Å². The van der Waals surface area contributed by atoms with Crippen molar-refractivity contribution in [2.45, 2.75) is 18.9 Å². The molecule has 1 heterocycles. The Hall–Kier alpha value is -0.570. The fraction of sp³-hybridized carbons (Fsp3) is 0.500. The molecule has 0 radical (unpaired) electrons. The van der Waals surface area contributed by atoms with Crippen molar-refractivity contribution in [2.24, 2.45) is 11.7 Å². The molecule has 1 aliphatic rings. The van der Waals surface area contributed by atoms with Crippen LogP contribution in [-0.4, -0.2) is 19.3 Å². The number of hydrogen-bond donors (Lipinski definition) is 1. The van der Waals surface area contributed by atoms with E-state index in [4.69, 9.17) is 22.1 Å². The molecule has 1 aromatic carbocycles. The summed E-state index contributed by atoms with van der Waals surface area (Å²) in [6, 6.07) is 8.19. The number of benzene rings is 1. The Morgan fingerprint density at radius 3 is 2.93 bits per heavy atom. The van der Waals surface area contributed by atoms with Crippen LogP contribution in [0.1, 0.15) is 12.0 Å². The molecule has 82 valence electrons. The molecule has 1 fully saturated rings. The molecule has 1 aliphatic heterocycles. The molecule has 2 N–H and O–H groups in total. The minimum absolute atomic E-state index is 0.245. The normalized spacial score (nSPS) is 26.5. The van der Waals surface area contributed by atoms with E-state index in [9.17, 15) is 0 Å². The van der Waals surface area contributed by atoms with Crippen LogP contribution in [0.5, 0.6) is 0 Å². The van der Waals surface area contributed by atoms with Gasteiger partial charge in [0.05, 0.1) is 6.61 Å². The third-order valence-corrected chi connectivity index (χ3v) is 3.34. The Kier molecular flexibility index (Phi) is 3.62. The average molecular weight is 226 g/mol. The number of ether oxygens (including phenoxy) is 1. The van der Waals surface area contributed by atoms with E-state index in [2.05, 4.69) is 6.07 Å². The van der Waals surface area contributed by atoms with Crippen molar-refractivity contribution in [3.63, 3.8) is 0 Å². The first-order valence-corrected chi connectivity index (χ1v) is 5.72. The SMILES string of the molecule is N[C@H]1CCOC[C@@H]1Cc1ccccc1Cl. The molecule has 3 heteroatoms. The Balaban J connectivity index is 2.04. The summed E-state index contributed by atoms with van der Waals surface area (Å²) >= 11 is 6.11. The van der Waals surface area contributed by atoms with Crippen LogP contribution in [0.25, 0.3) is 0 Å². The van der Waals surface area contributed by atoms with Gasteiger partial charge in [0, 0.05) is 23.6 Å². The first kappa shape index (κ1) is 10.9. The number of nitrogens with two attached hydrogens (primary N) is 1. The molecule has 0 aliphatic carbocycles. The molecule has 0 bridgehead atoms. The molecule has 2 nitrogen and oxygen atoms in total. The highest BCUT2D eigenvalue weighted by atomic mass is 35.5. The predicted molar refractivity (Wildman–Crippen MR) is 62.1 cm³/mol. The number of hydrogen-bond acceptors (Lipinski definition) is 2. The molecule has 0 saturated carbocycles. The maximum atomic E-state index is 6.11. The molecule has 1 saturated heterocycles. The third-order valence-electron chi connectivity index (χ3n) is 2.97. The van der Waals surface area contributed by atoms with Crippen molar-refractivity contribution in [1.82, 2.24) is 0 Å². The van der Waals surface area contributed by atoms with Gasteiger partial charge in [0.25, 0.3) is 0 Å². The van der Waals surface area contributed by atoms with Gasteiger partial charge in [-0.05, 0) is 24.5 Å². The van der Waals surface area contributed by atoms with Gasteiger partial charge in [0.15, 0.2) is 0 Å². The van der Waals surface area contributed by atoms with Crippen LogP contribution >= 0.6 is 11.6 Å². The van der Waals surface area contributed by atoms with E-state index in [1.165, 1.54) is 5.56 Å². The summed E-state index contributed by atoms with van der Waals surface area (Å²) in [6.07, 6.45) is 1.87. The van der Waals surface area contributed by atoms with Crippen LogP contribution in [0, 0.1) is 5.92 Å². The summed E-state index contributed by atoms with van der Waals surface area (Å²) in [6.45, 7) is 1.55. The molecule has 0 amide bonds. The van der Waals surface area contributed by atoms with Crippen LogP contribution in [0.3, 0.4) is 0 Å². The van der Waals surface area contributed by atoms with Crippen molar-refractivity contribution in [1.29, 1.82) is 0 Å². The molecular formula is C12H16ClNO. The highest BCUT2D eigenvalue weighted by Gasteiger charge is 2.23. The largest absolute Gasteiger partial charge is 0.381 e. The van der Waals surface area contributed by atoms with Crippen LogP contribution in [0.15, 0.2) is 24.3 Å². The lowest BCUT2D eigenvalue weighted by Gasteiger charge is -2.28. The van der Waals surface area contributed by atoms with Gasteiger partial charge in [0.2, 0.25) is 0 Å². The minimum atomic E-state index is 0.245. The summed E-state index contributed by atoms with van der Waals surface area (Å²) in [5.74, 6) is 0.402. The fourth-order valence-electron chi connectivity index (χ4n) is 1.97. The van der Waals surface area contributed by atoms with Crippen LogP contribution < -0.4 is 5.73 Å². The zero-order valence-corrected chi connectivity index (χ0v) is 9.41. The van der Waals surface area contributed by atoms with Gasteiger partial charge in [0.1, 0.15) is 0 Å². The molecule has 1 aromatic rings. The third kappa shape index (κ3) is 2.71. The lowest BCUT2D eigenvalue weighted by atomic mass is 9.90. The van der Waals surface area contributed by atoms with Gasteiger partial charge in [-0.3, -0.25) is 0 Å². The van der Waals surface area contributed by atoms with Crippen molar-refractivity contribution in [3.8, 4) is 0 Å². The van der Waals surface area contributed by atoms with E-state index in [0.717, 1.165) is 31.1 Å². The molecule has 0 aromatic heterocycles. The fourth-order valence-corrected chi connectivity index (χ4v) is 2.18. The molecule has 2 atom stereocenters. The van der Waals surface area contributed by atoms with Gasteiger partial charge in [-0.25, -0.2) is 0 Å². The standard InChI is InChI=1S/C12H16ClNO/c13-11-4-2-1-3-9(11)7-10-8-15-6-5-12(10)14/h1-4,10,12H,5-8,14H2/t10-,12-/m0/s1. The highest BCUT2D eigenvalue weighted by molar-refractivity contribution is 6.31. The van der Waals surface area contributed by atoms with Gasteiger partial charge in [-0.2, -0.15) is 0 Å². The molecule has 0 spiro atoms. The molecule has 2 rings (SSSR count). The molecule has 15 heavy (non-hydrogen) atoms. The summed E-state index contributed by atoms with van der Waals surface area (Å²) in [7, 11) is 0. The lowest BCUT2D eigenvalue weighted by molar-refractivity contribution is 0.0422. The maximum absolute atomic E-state index is 6.11. The van der Waals surface area contributed by atoms with E-state index in [1.807, 2.05) is 18.2 Å². The minimum Gasteiger partial charge on any atom is -0.381 e. The monoisotopic (exact) mass is 225 g/mol. The van der Waals surface area contributed by atoms with E-state index in [1.54, 1.807) is 0 Å². The van der Waals surface area contributed by atoms with Crippen LogP contribution in [0.2, 0.25) is 5.02 Å². The van der Waals surface area contributed by atoms with Gasteiger partial charge < -0.3 is 10.5 Å². The molecular weight excluding hydrogens is 210 g/mol. The van der Waals surface area contributed by atoms with Crippen LogP contribution in [-0.2, 0) is 11.2 Å². The van der Waals surface area contributed by atoms with Gasteiger partial charge >= 0.3 is 0 Å². The van der Waals surface area contributed by atoms with Crippen molar-refractivity contribution in [3.05, 3.63) is 34.9 Å². The Bertz CT molecular complexity index is 329. The second-order valence-corrected chi connectivity index (χ2v) is 4.49. The Labute approximate surface area is 95.4 Å². The summed E-state index contributed by atoms with van der Waals surface area (Å²) in [5, 5.41) is 0.829. The second-order valence-electron chi connectivity index (χ2n) is 4.08.